The summed E-state index contributed by atoms with van der Waals surface area (Å²) < 4.78 is 5.19. The Kier molecular flexibility index (Phi) is 3.30. The van der Waals surface area contributed by atoms with Crippen molar-refractivity contribution in [2.75, 3.05) is 0 Å². The van der Waals surface area contributed by atoms with Crippen molar-refractivity contribution in [2.45, 2.75) is 6.10 Å². The number of hydrogen-bond donors (Lipinski definition) is 2. The average Bonchev–Trinajstić information content (AvgIpc) is 2.87. The van der Waals surface area contributed by atoms with Gasteiger partial charge in [0.1, 0.15) is 11.5 Å². The second kappa shape index (κ2) is 4.91. The molecular formula is C12H9NO6. The molecule has 7 nitrogen and oxygen atoms in total. The molecule has 1 aromatic heterocycles. The molecular weight excluding hydrogens is 254 g/mol. The number of aliphatic carboxylic acids is 1. The molecule has 0 aliphatic carbocycles. The van der Waals surface area contributed by atoms with E-state index in [0.717, 1.165) is 0 Å². The summed E-state index contributed by atoms with van der Waals surface area (Å²) in [6.07, 6.45) is -1.73. The van der Waals surface area contributed by atoms with Gasteiger partial charge in [-0.05, 0) is 24.3 Å². The van der Waals surface area contributed by atoms with Crippen LogP contribution >= 0.6 is 0 Å². The lowest BCUT2D eigenvalue weighted by molar-refractivity contribution is -0.384. The van der Waals surface area contributed by atoms with Crippen molar-refractivity contribution < 1.29 is 24.3 Å². The molecule has 0 aliphatic heterocycles. The average molecular weight is 263 g/mol. The fourth-order valence-corrected chi connectivity index (χ4v) is 1.52. The molecule has 0 saturated heterocycles. The van der Waals surface area contributed by atoms with E-state index in [1.54, 1.807) is 0 Å². The summed E-state index contributed by atoms with van der Waals surface area (Å²) in [5.41, 5.74) is 0.496. The first-order chi connectivity index (χ1) is 8.99. The molecule has 2 aromatic rings. The van der Waals surface area contributed by atoms with E-state index in [1.165, 1.54) is 36.4 Å². The third-order valence-corrected chi connectivity index (χ3v) is 2.49. The highest BCUT2D eigenvalue weighted by Gasteiger charge is 2.20. The maximum Gasteiger partial charge on any atom is 0.340 e. The zero-order chi connectivity index (χ0) is 14.0. The number of nitrogens with zero attached hydrogens (tertiary/aromatic N) is 1. The molecule has 1 unspecified atom stereocenters. The molecule has 0 bridgehead atoms. The molecule has 1 atom stereocenters. The number of carboxylic acid groups (broad SMARTS) is 1. The monoisotopic (exact) mass is 263 g/mol. The molecule has 1 aromatic carbocycles. The lowest BCUT2D eigenvalue weighted by Crippen LogP contribution is -2.09. The van der Waals surface area contributed by atoms with Gasteiger partial charge in [-0.15, -0.1) is 0 Å². The van der Waals surface area contributed by atoms with Crippen LogP contribution in [-0.2, 0) is 4.79 Å². The van der Waals surface area contributed by atoms with Crippen molar-refractivity contribution in [1.29, 1.82) is 0 Å². The van der Waals surface area contributed by atoms with Crippen LogP contribution < -0.4 is 0 Å². The fourth-order valence-electron chi connectivity index (χ4n) is 1.52. The molecule has 19 heavy (non-hydrogen) atoms. The molecule has 0 amide bonds. The van der Waals surface area contributed by atoms with Crippen molar-refractivity contribution in [3.63, 3.8) is 0 Å². The molecule has 7 heteroatoms. The largest absolute Gasteiger partial charge is 0.479 e. The predicted octanol–water partition coefficient (Wildman–Crippen LogP) is 1.97. The smallest absolute Gasteiger partial charge is 0.340 e. The molecule has 0 aliphatic rings. The van der Waals surface area contributed by atoms with Crippen LogP contribution in [0.1, 0.15) is 11.9 Å². The minimum absolute atomic E-state index is 0.0545. The van der Waals surface area contributed by atoms with Gasteiger partial charge in [-0.3, -0.25) is 10.1 Å². The van der Waals surface area contributed by atoms with Crippen LogP contribution in [0.3, 0.4) is 0 Å². The topological polar surface area (TPSA) is 114 Å². The number of aliphatic hydroxyl groups is 1. The van der Waals surface area contributed by atoms with Crippen molar-refractivity contribution in [3.8, 4) is 11.3 Å². The number of furan rings is 1. The molecule has 2 rings (SSSR count). The van der Waals surface area contributed by atoms with Gasteiger partial charge >= 0.3 is 5.97 Å². The summed E-state index contributed by atoms with van der Waals surface area (Å²) in [4.78, 5) is 20.6. The Balaban J connectivity index is 2.27. The van der Waals surface area contributed by atoms with Crippen molar-refractivity contribution in [3.05, 3.63) is 52.3 Å². The Morgan fingerprint density at radius 1 is 1.21 bits per heavy atom. The third-order valence-electron chi connectivity index (χ3n) is 2.49. The highest BCUT2D eigenvalue weighted by molar-refractivity contribution is 5.73. The summed E-state index contributed by atoms with van der Waals surface area (Å²) in [5, 5.41) is 28.4. The van der Waals surface area contributed by atoms with E-state index < -0.39 is 17.0 Å². The number of nitro groups is 1. The van der Waals surface area contributed by atoms with Gasteiger partial charge in [-0.25, -0.2) is 4.79 Å². The third kappa shape index (κ3) is 2.61. The van der Waals surface area contributed by atoms with E-state index in [4.69, 9.17) is 9.52 Å². The van der Waals surface area contributed by atoms with Gasteiger partial charge < -0.3 is 14.6 Å². The molecule has 2 N–H and O–H groups in total. The molecule has 98 valence electrons. The normalized spacial score (nSPS) is 12.1. The van der Waals surface area contributed by atoms with Gasteiger partial charge in [0.05, 0.1) is 4.92 Å². The standard InChI is InChI=1S/C12H9NO6/c14-11(12(15)16)10-6-5-9(19-10)7-1-3-8(4-2-7)13(17)18/h1-6,11,14H,(H,15,16). The van der Waals surface area contributed by atoms with E-state index in [-0.39, 0.29) is 11.4 Å². The van der Waals surface area contributed by atoms with E-state index >= 15 is 0 Å². The van der Waals surface area contributed by atoms with Gasteiger partial charge in [0, 0.05) is 17.7 Å². The number of hydrogen-bond acceptors (Lipinski definition) is 5. The van der Waals surface area contributed by atoms with Gasteiger partial charge in [0.25, 0.3) is 5.69 Å². The van der Waals surface area contributed by atoms with Crippen LogP contribution in [0.4, 0.5) is 5.69 Å². The molecule has 1 heterocycles. The Morgan fingerprint density at radius 2 is 1.84 bits per heavy atom. The molecule has 0 spiro atoms. The lowest BCUT2D eigenvalue weighted by atomic mass is 10.1. The summed E-state index contributed by atoms with van der Waals surface area (Å²) in [5.74, 6) is -1.18. The Bertz CT molecular complexity index is 615. The summed E-state index contributed by atoms with van der Waals surface area (Å²) in [6, 6.07) is 8.41. The van der Waals surface area contributed by atoms with Crippen molar-refractivity contribution in [2.24, 2.45) is 0 Å². The summed E-state index contributed by atoms with van der Waals surface area (Å²) >= 11 is 0. The zero-order valence-electron chi connectivity index (χ0n) is 9.52. The summed E-state index contributed by atoms with van der Waals surface area (Å²) in [7, 11) is 0. The van der Waals surface area contributed by atoms with E-state index in [1.807, 2.05) is 0 Å². The number of non-ortho nitro benzene ring substituents is 1. The minimum Gasteiger partial charge on any atom is -0.479 e. The number of carboxylic acids is 1. The maximum atomic E-state index is 10.6. The minimum atomic E-state index is -1.73. The van der Waals surface area contributed by atoms with Crippen LogP contribution in [0.2, 0.25) is 0 Å². The highest BCUT2D eigenvalue weighted by Crippen LogP contribution is 2.26. The first-order valence-corrected chi connectivity index (χ1v) is 5.24. The maximum absolute atomic E-state index is 10.6. The quantitative estimate of drug-likeness (QED) is 0.643. The zero-order valence-corrected chi connectivity index (χ0v) is 9.52. The van der Waals surface area contributed by atoms with E-state index in [2.05, 4.69) is 0 Å². The van der Waals surface area contributed by atoms with E-state index in [9.17, 15) is 20.0 Å². The summed E-state index contributed by atoms with van der Waals surface area (Å²) in [6.45, 7) is 0. The van der Waals surface area contributed by atoms with Gasteiger partial charge in [-0.1, -0.05) is 0 Å². The lowest BCUT2D eigenvalue weighted by Gasteiger charge is -2.01. The highest BCUT2D eigenvalue weighted by atomic mass is 16.6. The van der Waals surface area contributed by atoms with Crippen LogP contribution in [0.25, 0.3) is 11.3 Å². The predicted molar refractivity (Wildman–Crippen MR) is 63.4 cm³/mol. The van der Waals surface area contributed by atoms with Gasteiger partial charge in [0.2, 0.25) is 6.10 Å². The molecule has 0 saturated carbocycles. The number of aliphatic hydroxyl groups excluding tert-OH is 1. The van der Waals surface area contributed by atoms with Crippen molar-refractivity contribution in [1.82, 2.24) is 0 Å². The van der Waals surface area contributed by atoms with Crippen LogP contribution in [0, 0.1) is 10.1 Å². The first kappa shape index (κ1) is 12.8. The van der Waals surface area contributed by atoms with Gasteiger partial charge in [-0.2, -0.15) is 0 Å². The van der Waals surface area contributed by atoms with Crippen LogP contribution in [-0.4, -0.2) is 21.1 Å². The number of rotatable bonds is 4. The van der Waals surface area contributed by atoms with Crippen molar-refractivity contribution >= 4 is 11.7 Å². The Morgan fingerprint density at radius 3 is 2.37 bits per heavy atom. The second-order valence-corrected chi connectivity index (χ2v) is 3.75. The molecule has 0 fully saturated rings. The number of benzene rings is 1. The van der Waals surface area contributed by atoms with Crippen LogP contribution in [0.5, 0.6) is 0 Å². The Hall–Kier alpha value is -2.67. The Labute approximate surface area is 106 Å². The fraction of sp³-hybridized carbons (Fsp3) is 0.0833. The van der Waals surface area contributed by atoms with Gasteiger partial charge in [0.15, 0.2) is 0 Å². The SMILES string of the molecule is O=C(O)C(O)c1ccc(-c2ccc([N+](=O)[O-])cc2)o1. The van der Waals surface area contributed by atoms with Crippen LogP contribution in [0.15, 0.2) is 40.8 Å². The number of nitro benzene ring substituents is 1. The first-order valence-electron chi connectivity index (χ1n) is 5.24. The number of carbonyl (C=O) groups is 1. The van der Waals surface area contributed by atoms with E-state index in [0.29, 0.717) is 11.3 Å². The molecule has 0 radical (unpaired) electrons. The second-order valence-electron chi connectivity index (χ2n) is 3.75.